The third-order valence-electron chi connectivity index (χ3n) is 2.82. The Balaban J connectivity index is 2.53. The van der Waals surface area contributed by atoms with E-state index in [4.69, 9.17) is 0 Å². The molecule has 0 saturated heterocycles. The molecule has 0 bridgehead atoms. The van der Waals surface area contributed by atoms with Crippen molar-refractivity contribution in [2.75, 3.05) is 0 Å². The van der Waals surface area contributed by atoms with Gasteiger partial charge in [0.05, 0.1) is 8.07 Å². The molecular weight excluding hydrogens is 312 g/mol. The predicted molar refractivity (Wildman–Crippen MR) is 91.0 cm³/mol. The van der Waals surface area contributed by atoms with Gasteiger partial charge in [-0.2, -0.15) is 0 Å². The molecule has 0 aliphatic heterocycles. The van der Waals surface area contributed by atoms with Crippen molar-refractivity contribution in [3.8, 4) is 0 Å². The molecule has 2 aromatic carbocycles. The van der Waals surface area contributed by atoms with Crippen LogP contribution in [0.1, 0.15) is 11.1 Å². The smallest absolute Gasteiger partial charge is 0.0695 e. The largest absolute Gasteiger partial charge is 0.0867 e. The Kier molecular flexibility index (Phi) is 4.43. The zero-order valence-corrected chi connectivity index (χ0v) is 14.2. The highest BCUT2D eigenvalue weighted by atomic mass is 79.9. The molecule has 0 atom stereocenters. The first-order valence-corrected chi connectivity index (χ1v) is 10.9. The van der Waals surface area contributed by atoms with E-state index in [1.54, 1.807) is 0 Å². The van der Waals surface area contributed by atoms with E-state index in [1.807, 2.05) is 0 Å². The molecule has 2 heteroatoms. The molecule has 0 aromatic heterocycles. The lowest BCUT2D eigenvalue weighted by Gasteiger charge is -2.16. The molecular formula is C17H19BrSi. The van der Waals surface area contributed by atoms with E-state index in [0.29, 0.717) is 0 Å². The van der Waals surface area contributed by atoms with Crippen LogP contribution in [0.4, 0.5) is 0 Å². The summed E-state index contributed by atoms with van der Waals surface area (Å²) in [4.78, 5) is 0. The second kappa shape index (κ2) is 5.89. The molecule has 98 valence electrons. The Hall–Kier alpha value is -1.12. The van der Waals surface area contributed by atoms with Crippen LogP contribution in [0.2, 0.25) is 19.6 Å². The summed E-state index contributed by atoms with van der Waals surface area (Å²) in [5.41, 5.74) is 6.42. The zero-order valence-electron chi connectivity index (χ0n) is 11.7. The Morgan fingerprint density at radius 3 is 1.89 bits per heavy atom. The maximum absolute atomic E-state index is 3.50. The van der Waals surface area contributed by atoms with Gasteiger partial charge in [0.15, 0.2) is 0 Å². The van der Waals surface area contributed by atoms with Gasteiger partial charge in [-0.05, 0) is 28.8 Å². The van der Waals surface area contributed by atoms with E-state index < -0.39 is 8.07 Å². The van der Waals surface area contributed by atoms with Crippen LogP contribution >= 0.6 is 15.9 Å². The second-order valence-corrected chi connectivity index (χ2v) is 11.7. The first-order valence-electron chi connectivity index (χ1n) is 6.50. The van der Waals surface area contributed by atoms with E-state index in [9.17, 15) is 0 Å². The average Bonchev–Trinajstić information content (AvgIpc) is 2.37. The normalized spacial score (nSPS) is 12.5. The van der Waals surface area contributed by atoms with E-state index in [2.05, 4.69) is 95.9 Å². The maximum atomic E-state index is 3.50. The van der Waals surface area contributed by atoms with Crippen molar-refractivity contribution < 1.29 is 0 Å². The van der Waals surface area contributed by atoms with Crippen molar-refractivity contribution in [3.63, 3.8) is 0 Å². The van der Waals surface area contributed by atoms with Crippen molar-refractivity contribution in [1.29, 1.82) is 0 Å². The molecule has 0 aliphatic carbocycles. The van der Waals surface area contributed by atoms with Gasteiger partial charge in [-0.3, -0.25) is 0 Å². The van der Waals surface area contributed by atoms with E-state index in [0.717, 1.165) is 4.47 Å². The minimum absolute atomic E-state index is 1.12. The number of rotatable bonds is 3. The van der Waals surface area contributed by atoms with Crippen LogP contribution in [0.3, 0.4) is 0 Å². The molecule has 0 N–H and O–H groups in total. The monoisotopic (exact) mass is 330 g/mol. The quantitative estimate of drug-likeness (QED) is 0.628. The molecule has 0 amide bonds. The fourth-order valence-corrected chi connectivity index (χ4v) is 3.48. The van der Waals surface area contributed by atoms with Gasteiger partial charge in [-0.1, -0.05) is 83.7 Å². The fourth-order valence-electron chi connectivity index (χ4n) is 2.01. The maximum Gasteiger partial charge on any atom is 0.0695 e. The second-order valence-electron chi connectivity index (χ2n) is 5.80. The lowest BCUT2D eigenvalue weighted by molar-refractivity contribution is 1.53. The van der Waals surface area contributed by atoms with Crippen LogP contribution in [0.5, 0.6) is 0 Å². The summed E-state index contributed by atoms with van der Waals surface area (Å²) in [5, 5.41) is 0. The van der Waals surface area contributed by atoms with E-state index in [1.165, 1.54) is 16.7 Å². The summed E-state index contributed by atoms with van der Waals surface area (Å²) >= 11 is 3.50. The molecule has 19 heavy (non-hydrogen) atoms. The molecule has 2 aromatic rings. The topological polar surface area (TPSA) is 0 Å². The van der Waals surface area contributed by atoms with Crippen molar-refractivity contribution in [1.82, 2.24) is 0 Å². The van der Waals surface area contributed by atoms with Crippen molar-refractivity contribution in [2.45, 2.75) is 19.6 Å². The minimum atomic E-state index is -1.27. The summed E-state index contributed by atoms with van der Waals surface area (Å²) in [6.45, 7) is 7.11. The lowest BCUT2D eigenvalue weighted by atomic mass is 10.00. The van der Waals surface area contributed by atoms with Crippen molar-refractivity contribution >= 4 is 29.6 Å². The predicted octanol–water partition coefficient (Wildman–Crippen LogP) is 5.76. The first kappa shape index (κ1) is 14.3. The molecule has 0 spiro atoms. The van der Waals surface area contributed by atoms with Gasteiger partial charge in [0.25, 0.3) is 0 Å². The fraction of sp³-hybridized carbons (Fsp3) is 0.176. The van der Waals surface area contributed by atoms with Crippen LogP contribution < -0.4 is 0 Å². The summed E-state index contributed by atoms with van der Waals surface area (Å²) in [6.07, 6.45) is 0. The highest BCUT2D eigenvalue weighted by molar-refractivity contribution is 9.10. The Bertz CT molecular complexity index is 562. The third-order valence-corrected chi connectivity index (χ3v) is 4.50. The zero-order chi connectivity index (χ0) is 13.9. The van der Waals surface area contributed by atoms with Gasteiger partial charge in [0.1, 0.15) is 0 Å². The number of halogens is 1. The summed E-state index contributed by atoms with van der Waals surface area (Å²) in [5.74, 6) is 0. The first-order chi connectivity index (χ1) is 8.96. The molecule has 0 aliphatic rings. The van der Waals surface area contributed by atoms with Gasteiger partial charge in [-0.25, -0.2) is 0 Å². The Morgan fingerprint density at radius 1 is 0.842 bits per heavy atom. The van der Waals surface area contributed by atoms with Gasteiger partial charge in [0, 0.05) is 4.47 Å². The van der Waals surface area contributed by atoms with Gasteiger partial charge in [0.2, 0.25) is 0 Å². The Labute approximate surface area is 125 Å². The van der Waals surface area contributed by atoms with Crippen LogP contribution in [-0.2, 0) is 0 Å². The Morgan fingerprint density at radius 2 is 1.37 bits per heavy atom. The van der Waals surface area contributed by atoms with E-state index in [-0.39, 0.29) is 0 Å². The SMILES string of the molecule is C[Si](C)(C)/C=C(/c1ccccc1)c1ccc(Br)cc1. The van der Waals surface area contributed by atoms with Crippen LogP contribution in [0.15, 0.2) is 64.8 Å². The number of hydrogen-bond donors (Lipinski definition) is 0. The minimum Gasteiger partial charge on any atom is -0.0867 e. The van der Waals surface area contributed by atoms with Crippen LogP contribution in [0.25, 0.3) is 5.57 Å². The number of hydrogen-bond acceptors (Lipinski definition) is 0. The van der Waals surface area contributed by atoms with Crippen molar-refractivity contribution in [2.24, 2.45) is 0 Å². The van der Waals surface area contributed by atoms with Gasteiger partial charge in [-0.15, -0.1) is 0 Å². The summed E-state index contributed by atoms with van der Waals surface area (Å²) in [7, 11) is -1.27. The van der Waals surface area contributed by atoms with Crippen molar-refractivity contribution in [3.05, 3.63) is 75.9 Å². The molecule has 0 fully saturated rings. The van der Waals surface area contributed by atoms with Crippen LogP contribution in [-0.4, -0.2) is 8.07 Å². The highest BCUT2D eigenvalue weighted by Crippen LogP contribution is 2.26. The van der Waals surface area contributed by atoms with Crippen LogP contribution in [0, 0.1) is 0 Å². The standard InChI is InChI=1S/C17H19BrSi/c1-19(2,3)13-17(14-7-5-4-6-8-14)15-9-11-16(18)12-10-15/h4-13H,1-3H3/b17-13-. The number of benzene rings is 2. The molecule has 2 rings (SSSR count). The highest BCUT2D eigenvalue weighted by Gasteiger charge is 2.13. The molecule has 0 unspecified atom stereocenters. The van der Waals surface area contributed by atoms with E-state index >= 15 is 0 Å². The average molecular weight is 331 g/mol. The van der Waals surface area contributed by atoms with Gasteiger partial charge < -0.3 is 0 Å². The summed E-state index contributed by atoms with van der Waals surface area (Å²) in [6, 6.07) is 19.2. The third kappa shape index (κ3) is 4.18. The molecule has 0 nitrogen and oxygen atoms in total. The molecule has 0 radical (unpaired) electrons. The molecule has 0 saturated carbocycles. The summed E-state index contributed by atoms with van der Waals surface area (Å²) < 4.78 is 1.12. The van der Waals surface area contributed by atoms with Gasteiger partial charge >= 0.3 is 0 Å². The molecule has 0 heterocycles. The lowest BCUT2D eigenvalue weighted by Crippen LogP contribution is -2.17.